The molecule has 2 rings (SSSR count). The van der Waals surface area contributed by atoms with Gasteiger partial charge in [0.05, 0.1) is 21.3 Å². The smallest absolute Gasteiger partial charge is 0.323 e. The number of fused-ring (bicyclic) bond motifs is 1. The second-order valence-corrected chi connectivity index (χ2v) is 4.14. The quantitative estimate of drug-likeness (QED) is 0.809. The van der Waals surface area contributed by atoms with E-state index in [0.717, 1.165) is 11.1 Å². The predicted molar refractivity (Wildman–Crippen MR) is 65.9 cm³/mol. The first-order chi connectivity index (χ1) is 8.69. The van der Waals surface area contributed by atoms with E-state index >= 15 is 0 Å². The van der Waals surface area contributed by atoms with Crippen molar-refractivity contribution in [3.63, 3.8) is 0 Å². The third kappa shape index (κ3) is 2.26. The minimum absolute atomic E-state index is 0.240. The molecule has 1 aromatic rings. The second-order valence-electron chi connectivity index (χ2n) is 4.14. The fourth-order valence-corrected chi connectivity index (χ4v) is 2.15. The molecule has 0 amide bonds. The summed E-state index contributed by atoms with van der Waals surface area (Å²) >= 11 is 0. The molecule has 0 saturated heterocycles. The zero-order valence-electron chi connectivity index (χ0n) is 10.8. The normalized spacial score (nSPS) is 17.8. The van der Waals surface area contributed by atoms with Crippen LogP contribution < -0.4 is 14.8 Å². The topological polar surface area (TPSA) is 56.8 Å². The van der Waals surface area contributed by atoms with Gasteiger partial charge in [0, 0.05) is 6.54 Å². The Labute approximate surface area is 106 Å². The van der Waals surface area contributed by atoms with Gasteiger partial charge >= 0.3 is 5.97 Å². The van der Waals surface area contributed by atoms with Crippen LogP contribution in [-0.2, 0) is 22.5 Å². The maximum atomic E-state index is 11.5. The van der Waals surface area contributed by atoms with Crippen molar-refractivity contribution in [2.45, 2.75) is 19.0 Å². The van der Waals surface area contributed by atoms with E-state index in [1.807, 2.05) is 12.1 Å². The average molecular weight is 251 g/mol. The number of esters is 1. The minimum atomic E-state index is -0.291. The Balaban J connectivity index is 2.29. The maximum Gasteiger partial charge on any atom is 0.323 e. The number of nitrogens with one attached hydrogen (secondary N) is 1. The summed E-state index contributed by atoms with van der Waals surface area (Å²) in [6.07, 6.45) is 0.600. The molecule has 1 atom stereocenters. The molecule has 0 bridgehead atoms. The van der Waals surface area contributed by atoms with Gasteiger partial charge in [0.1, 0.15) is 6.04 Å². The SMILES string of the molecule is COC(=O)[C@H]1Cc2cc(OC)c(OC)cc2CN1. The molecule has 0 spiro atoms. The largest absolute Gasteiger partial charge is 0.493 e. The van der Waals surface area contributed by atoms with Crippen molar-refractivity contribution in [1.82, 2.24) is 5.32 Å². The van der Waals surface area contributed by atoms with Crippen LogP contribution in [0.3, 0.4) is 0 Å². The summed E-state index contributed by atoms with van der Waals surface area (Å²) in [4.78, 5) is 11.5. The summed E-state index contributed by atoms with van der Waals surface area (Å²) in [5.74, 6) is 1.15. The van der Waals surface area contributed by atoms with E-state index in [0.29, 0.717) is 24.5 Å². The third-order valence-electron chi connectivity index (χ3n) is 3.15. The van der Waals surface area contributed by atoms with Crippen LogP contribution in [0.2, 0.25) is 0 Å². The van der Waals surface area contributed by atoms with Crippen LogP contribution in [0.5, 0.6) is 11.5 Å². The second kappa shape index (κ2) is 5.27. The summed E-state index contributed by atoms with van der Waals surface area (Å²) in [5.41, 5.74) is 2.20. The molecule has 0 aliphatic carbocycles. The Hall–Kier alpha value is -1.75. The Bertz CT molecular complexity index is 459. The van der Waals surface area contributed by atoms with Crippen molar-refractivity contribution in [1.29, 1.82) is 0 Å². The van der Waals surface area contributed by atoms with Crippen LogP contribution in [0, 0.1) is 0 Å². The molecular weight excluding hydrogens is 234 g/mol. The van der Waals surface area contributed by atoms with Gasteiger partial charge in [-0.3, -0.25) is 4.79 Å². The minimum Gasteiger partial charge on any atom is -0.493 e. The molecule has 98 valence electrons. The van der Waals surface area contributed by atoms with Gasteiger partial charge < -0.3 is 19.5 Å². The van der Waals surface area contributed by atoms with Crippen molar-refractivity contribution >= 4 is 5.97 Å². The van der Waals surface area contributed by atoms with Gasteiger partial charge in [-0.25, -0.2) is 0 Å². The lowest BCUT2D eigenvalue weighted by molar-refractivity contribution is -0.143. The highest BCUT2D eigenvalue weighted by atomic mass is 16.5. The number of rotatable bonds is 3. The number of carbonyl (C=O) groups is 1. The maximum absolute atomic E-state index is 11.5. The molecule has 1 aliphatic heterocycles. The molecule has 5 nitrogen and oxygen atoms in total. The van der Waals surface area contributed by atoms with Gasteiger partial charge in [-0.1, -0.05) is 0 Å². The Morgan fingerprint density at radius 1 is 1.17 bits per heavy atom. The lowest BCUT2D eigenvalue weighted by Gasteiger charge is -2.25. The molecule has 1 N–H and O–H groups in total. The van der Waals surface area contributed by atoms with Crippen molar-refractivity contribution < 1.29 is 19.0 Å². The molecule has 0 radical (unpaired) electrons. The fourth-order valence-electron chi connectivity index (χ4n) is 2.15. The molecule has 5 heteroatoms. The zero-order valence-corrected chi connectivity index (χ0v) is 10.8. The van der Waals surface area contributed by atoms with E-state index < -0.39 is 0 Å². The first kappa shape index (κ1) is 12.7. The lowest BCUT2D eigenvalue weighted by Crippen LogP contribution is -2.42. The summed E-state index contributed by atoms with van der Waals surface area (Å²) < 4.78 is 15.3. The number of carbonyl (C=O) groups excluding carboxylic acids is 1. The highest BCUT2D eigenvalue weighted by Crippen LogP contribution is 2.32. The number of hydrogen-bond acceptors (Lipinski definition) is 5. The highest BCUT2D eigenvalue weighted by Gasteiger charge is 2.26. The van der Waals surface area contributed by atoms with E-state index in [2.05, 4.69) is 5.32 Å². The average Bonchev–Trinajstić information content (AvgIpc) is 2.44. The highest BCUT2D eigenvalue weighted by molar-refractivity contribution is 5.76. The van der Waals surface area contributed by atoms with Crippen LogP contribution in [0.15, 0.2) is 12.1 Å². The Morgan fingerprint density at radius 3 is 2.33 bits per heavy atom. The van der Waals surface area contributed by atoms with Crippen molar-refractivity contribution in [3.8, 4) is 11.5 Å². The first-order valence-electron chi connectivity index (χ1n) is 5.74. The van der Waals surface area contributed by atoms with E-state index in [1.165, 1.54) is 7.11 Å². The fraction of sp³-hybridized carbons (Fsp3) is 0.462. The van der Waals surface area contributed by atoms with Crippen molar-refractivity contribution in [3.05, 3.63) is 23.3 Å². The number of methoxy groups -OCH3 is 3. The van der Waals surface area contributed by atoms with E-state index in [9.17, 15) is 4.79 Å². The number of hydrogen-bond donors (Lipinski definition) is 1. The summed E-state index contributed by atoms with van der Waals surface area (Å²) in [6.45, 7) is 0.620. The van der Waals surface area contributed by atoms with Gasteiger partial charge in [-0.15, -0.1) is 0 Å². The van der Waals surface area contributed by atoms with Crippen molar-refractivity contribution in [2.75, 3.05) is 21.3 Å². The monoisotopic (exact) mass is 251 g/mol. The lowest BCUT2D eigenvalue weighted by atomic mass is 9.95. The predicted octanol–water partition coefficient (Wildman–Crippen LogP) is 0.891. The van der Waals surface area contributed by atoms with Gasteiger partial charge in [-0.05, 0) is 29.7 Å². The van der Waals surface area contributed by atoms with Crippen LogP contribution in [0.25, 0.3) is 0 Å². The van der Waals surface area contributed by atoms with Crippen LogP contribution in [-0.4, -0.2) is 33.3 Å². The molecule has 18 heavy (non-hydrogen) atoms. The van der Waals surface area contributed by atoms with Crippen LogP contribution >= 0.6 is 0 Å². The molecule has 1 heterocycles. The number of benzene rings is 1. The van der Waals surface area contributed by atoms with Gasteiger partial charge in [-0.2, -0.15) is 0 Å². The standard InChI is InChI=1S/C13H17NO4/c1-16-11-5-8-4-10(13(15)18-3)14-7-9(8)6-12(11)17-2/h5-6,10,14H,4,7H2,1-3H3/t10-/m1/s1. The summed E-state index contributed by atoms with van der Waals surface area (Å²) in [5, 5.41) is 3.14. The zero-order chi connectivity index (χ0) is 13.1. The van der Waals surface area contributed by atoms with Crippen LogP contribution in [0.4, 0.5) is 0 Å². The molecule has 0 saturated carbocycles. The third-order valence-corrected chi connectivity index (χ3v) is 3.15. The Morgan fingerprint density at radius 2 is 1.78 bits per heavy atom. The van der Waals surface area contributed by atoms with Crippen molar-refractivity contribution in [2.24, 2.45) is 0 Å². The first-order valence-corrected chi connectivity index (χ1v) is 5.74. The molecular formula is C13H17NO4. The molecule has 0 fully saturated rings. The van der Waals surface area contributed by atoms with Gasteiger partial charge in [0.15, 0.2) is 11.5 Å². The molecule has 0 unspecified atom stereocenters. The van der Waals surface area contributed by atoms with Gasteiger partial charge in [0.25, 0.3) is 0 Å². The van der Waals surface area contributed by atoms with Gasteiger partial charge in [0.2, 0.25) is 0 Å². The van der Waals surface area contributed by atoms with Crippen LogP contribution in [0.1, 0.15) is 11.1 Å². The van der Waals surface area contributed by atoms with E-state index in [4.69, 9.17) is 14.2 Å². The molecule has 0 aromatic heterocycles. The summed E-state index contributed by atoms with van der Waals surface area (Å²) in [7, 11) is 4.61. The number of ether oxygens (including phenoxy) is 3. The molecule has 1 aliphatic rings. The van der Waals surface area contributed by atoms with E-state index in [1.54, 1.807) is 14.2 Å². The Kier molecular flexibility index (Phi) is 3.72. The molecule has 1 aromatic carbocycles. The summed E-state index contributed by atoms with van der Waals surface area (Å²) in [6, 6.07) is 3.57. The van der Waals surface area contributed by atoms with E-state index in [-0.39, 0.29) is 12.0 Å².